The summed E-state index contributed by atoms with van der Waals surface area (Å²) in [7, 11) is 0. The molecule has 1 aliphatic carbocycles. The van der Waals surface area contributed by atoms with Crippen LogP contribution in [-0.2, 0) is 0 Å². The van der Waals surface area contributed by atoms with Crippen molar-refractivity contribution >= 4 is 21.8 Å². The highest BCUT2D eigenvalue weighted by Crippen LogP contribution is 2.30. The highest BCUT2D eigenvalue weighted by atomic mass is 79.9. The molecule has 2 atom stereocenters. The quantitative estimate of drug-likeness (QED) is 0.834. The minimum absolute atomic E-state index is 0.198. The molecule has 104 valence electrons. The topological polar surface area (TPSA) is 62.0 Å². The summed E-state index contributed by atoms with van der Waals surface area (Å²) in [5, 5.41) is 3.93. The Kier molecular flexibility index (Phi) is 5.19. The predicted octanol–water partition coefficient (Wildman–Crippen LogP) is 2.31. The first-order valence-corrected chi connectivity index (χ1v) is 7.86. The van der Waals surface area contributed by atoms with E-state index in [-0.39, 0.29) is 11.5 Å². The van der Waals surface area contributed by atoms with Crippen LogP contribution in [0, 0.1) is 11.8 Å². The van der Waals surface area contributed by atoms with Crippen LogP contribution in [0.3, 0.4) is 0 Å². The zero-order valence-electron chi connectivity index (χ0n) is 10.8. The molecular formula is C14H19BrN2O2. The van der Waals surface area contributed by atoms with Gasteiger partial charge in [-0.25, -0.2) is 0 Å². The average molecular weight is 327 g/mol. The Morgan fingerprint density at radius 1 is 1.32 bits per heavy atom. The lowest BCUT2D eigenvalue weighted by atomic mass is 9.80. The second-order valence-electron chi connectivity index (χ2n) is 5.10. The van der Waals surface area contributed by atoms with E-state index in [2.05, 4.69) is 26.2 Å². The Morgan fingerprint density at radius 3 is 2.74 bits per heavy atom. The summed E-state index contributed by atoms with van der Waals surface area (Å²) in [5.74, 6) is 0.980. The van der Waals surface area contributed by atoms with Crippen molar-refractivity contribution in [2.45, 2.75) is 25.7 Å². The molecule has 0 saturated heterocycles. The number of aromatic nitrogens is 1. The molecule has 5 heteroatoms. The van der Waals surface area contributed by atoms with Gasteiger partial charge in [-0.05, 0) is 30.7 Å². The molecule has 0 bridgehead atoms. The van der Waals surface area contributed by atoms with Gasteiger partial charge < -0.3 is 10.3 Å². The van der Waals surface area contributed by atoms with Crippen molar-refractivity contribution in [2.24, 2.45) is 11.8 Å². The van der Waals surface area contributed by atoms with Crippen LogP contribution in [0.1, 0.15) is 36.2 Å². The monoisotopic (exact) mass is 326 g/mol. The number of H-pyrrole nitrogens is 1. The van der Waals surface area contributed by atoms with Gasteiger partial charge in [-0.3, -0.25) is 9.59 Å². The lowest BCUT2D eigenvalue weighted by molar-refractivity contribution is 0.0931. The van der Waals surface area contributed by atoms with Gasteiger partial charge in [-0.15, -0.1) is 0 Å². The van der Waals surface area contributed by atoms with Gasteiger partial charge in [-0.2, -0.15) is 0 Å². The number of hydrogen-bond donors (Lipinski definition) is 2. The van der Waals surface area contributed by atoms with Crippen LogP contribution in [0.4, 0.5) is 0 Å². The van der Waals surface area contributed by atoms with Crippen molar-refractivity contribution < 1.29 is 4.79 Å². The van der Waals surface area contributed by atoms with Crippen molar-refractivity contribution in [1.29, 1.82) is 0 Å². The van der Waals surface area contributed by atoms with Gasteiger partial charge in [0, 0.05) is 17.9 Å². The lowest BCUT2D eigenvalue weighted by Crippen LogP contribution is -2.35. The normalized spacial score (nSPS) is 23.0. The van der Waals surface area contributed by atoms with Crippen LogP contribution < -0.4 is 10.9 Å². The first kappa shape index (κ1) is 14.3. The summed E-state index contributed by atoms with van der Waals surface area (Å²) in [5.41, 5.74) is 0.0855. The fraction of sp³-hybridized carbons (Fsp3) is 0.571. The maximum absolute atomic E-state index is 11.9. The summed E-state index contributed by atoms with van der Waals surface area (Å²) >= 11 is 3.55. The molecule has 0 spiro atoms. The molecule has 2 N–H and O–H groups in total. The van der Waals surface area contributed by atoms with Crippen LogP contribution in [0.2, 0.25) is 0 Å². The summed E-state index contributed by atoms with van der Waals surface area (Å²) in [6, 6.07) is 4.62. The fourth-order valence-corrected chi connectivity index (χ4v) is 3.51. The van der Waals surface area contributed by atoms with Gasteiger partial charge in [-0.1, -0.05) is 34.8 Å². The standard InChI is InChI=1S/C14H19BrN2O2/c15-8-10-4-1-2-5-11(10)9-16-14(19)12-6-3-7-13(18)17-12/h3,6-7,10-11H,1-2,4-5,8-9H2,(H,16,19)(H,17,18). The maximum Gasteiger partial charge on any atom is 0.267 e. The van der Waals surface area contributed by atoms with E-state index in [0.717, 1.165) is 5.33 Å². The third kappa shape index (κ3) is 3.93. The zero-order chi connectivity index (χ0) is 13.7. The van der Waals surface area contributed by atoms with E-state index in [0.29, 0.717) is 24.1 Å². The summed E-state index contributed by atoms with van der Waals surface area (Å²) in [6.45, 7) is 0.687. The number of halogens is 1. The Balaban J connectivity index is 1.91. The van der Waals surface area contributed by atoms with E-state index < -0.39 is 0 Å². The van der Waals surface area contributed by atoms with Gasteiger partial charge >= 0.3 is 0 Å². The molecule has 1 heterocycles. The first-order chi connectivity index (χ1) is 9.20. The highest BCUT2D eigenvalue weighted by molar-refractivity contribution is 9.09. The van der Waals surface area contributed by atoms with Gasteiger partial charge in [0.15, 0.2) is 0 Å². The van der Waals surface area contributed by atoms with Crippen LogP contribution in [-0.4, -0.2) is 22.8 Å². The summed E-state index contributed by atoms with van der Waals surface area (Å²) in [4.78, 5) is 25.6. The predicted molar refractivity (Wildman–Crippen MR) is 78.6 cm³/mol. The molecule has 2 rings (SSSR count). The number of hydrogen-bond acceptors (Lipinski definition) is 2. The van der Waals surface area contributed by atoms with E-state index in [9.17, 15) is 9.59 Å². The largest absolute Gasteiger partial charge is 0.350 e. The van der Waals surface area contributed by atoms with Crippen LogP contribution in [0.5, 0.6) is 0 Å². The lowest BCUT2D eigenvalue weighted by Gasteiger charge is -2.30. The van der Waals surface area contributed by atoms with Gasteiger partial charge in [0.1, 0.15) is 5.69 Å². The molecular weight excluding hydrogens is 308 g/mol. The van der Waals surface area contributed by atoms with E-state index in [4.69, 9.17) is 0 Å². The number of carbonyl (C=O) groups excluding carboxylic acids is 1. The molecule has 0 aromatic carbocycles. The maximum atomic E-state index is 11.9. The number of pyridine rings is 1. The molecule has 1 aromatic heterocycles. The number of alkyl halides is 1. The van der Waals surface area contributed by atoms with Crippen LogP contribution in [0.15, 0.2) is 23.0 Å². The molecule has 0 aliphatic heterocycles. The average Bonchev–Trinajstić information content (AvgIpc) is 2.45. The number of nitrogens with one attached hydrogen (secondary N) is 2. The fourth-order valence-electron chi connectivity index (χ4n) is 2.66. The number of carbonyl (C=O) groups is 1. The second kappa shape index (κ2) is 6.89. The smallest absolute Gasteiger partial charge is 0.267 e. The molecule has 1 aliphatic rings. The van der Waals surface area contributed by atoms with Crippen LogP contribution in [0.25, 0.3) is 0 Å². The van der Waals surface area contributed by atoms with Crippen molar-refractivity contribution in [3.63, 3.8) is 0 Å². The molecule has 2 unspecified atom stereocenters. The SMILES string of the molecule is O=C(NCC1CCCCC1CBr)c1cccc(=O)[nH]1. The zero-order valence-corrected chi connectivity index (χ0v) is 12.4. The third-order valence-corrected chi connectivity index (χ3v) is 4.63. The molecule has 1 saturated carbocycles. The Hall–Kier alpha value is -1.10. The van der Waals surface area contributed by atoms with Crippen molar-refractivity contribution in [3.8, 4) is 0 Å². The first-order valence-electron chi connectivity index (χ1n) is 6.74. The van der Waals surface area contributed by atoms with Crippen molar-refractivity contribution in [1.82, 2.24) is 10.3 Å². The Bertz CT molecular complexity index is 486. The molecule has 1 aromatic rings. The molecule has 4 nitrogen and oxygen atoms in total. The Morgan fingerprint density at radius 2 is 2.05 bits per heavy atom. The van der Waals surface area contributed by atoms with E-state index in [1.807, 2.05) is 0 Å². The Labute approximate surface area is 121 Å². The van der Waals surface area contributed by atoms with Gasteiger partial charge in [0.25, 0.3) is 5.91 Å². The van der Waals surface area contributed by atoms with Gasteiger partial charge in [0.2, 0.25) is 5.56 Å². The number of amides is 1. The number of aromatic amines is 1. The minimum Gasteiger partial charge on any atom is -0.350 e. The van der Waals surface area contributed by atoms with Crippen molar-refractivity contribution in [3.05, 3.63) is 34.2 Å². The van der Waals surface area contributed by atoms with E-state index in [1.165, 1.54) is 31.7 Å². The molecule has 1 fully saturated rings. The highest BCUT2D eigenvalue weighted by Gasteiger charge is 2.24. The van der Waals surface area contributed by atoms with E-state index in [1.54, 1.807) is 12.1 Å². The third-order valence-electron chi connectivity index (χ3n) is 3.80. The van der Waals surface area contributed by atoms with Crippen molar-refractivity contribution in [2.75, 3.05) is 11.9 Å². The van der Waals surface area contributed by atoms with Crippen LogP contribution >= 0.6 is 15.9 Å². The molecule has 1 amide bonds. The van der Waals surface area contributed by atoms with Gasteiger partial charge in [0.05, 0.1) is 0 Å². The second-order valence-corrected chi connectivity index (χ2v) is 5.75. The minimum atomic E-state index is -0.247. The molecule has 19 heavy (non-hydrogen) atoms. The number of rotatable bonds is 4. The molecule has 0 radical (unpaired) electrons. The van der Waals surface area contributed by atoms with E-state index >= 15 is 0 Å². The summed E-state index contributed by atoms with van der Waals surface area (Å²) in [6.07, 6.45) is 4.93. The summed E-state index contributed by atoms with van der Waals surface area (Å²) < 4.78 is 0.